The van der Waals surface area contributed by atoms with Gasteiger partial charge in [0.05, 0.1) is 15.2 Å². The highest BCUT2D eigenvalue weighted by molar-refractivity contribution is 7.98. The maximum atomic E-state index is 2.90. The Morgan fingerprint density at radius 3 is 1.21 bits per heavy atom. The molecule has 0 radical (unpaired) electrons. The quantitative estimate of drug-likeness (QED) is 0.121. The third kappa shape index (κ3) is 4.35. The fourth-order valence-corrected chi connectivity index (χ4v) is 159. The Bertz CT molecular complexity index is 1740. The molecule has 0 saturated heterocycles. The summed E-state index contributed by atoms with van der Waals surface area (Å²) < 4.78 is 0. The van der Waals surface area contributed by atoms with Crippen LogP contribution in [0.1, 0.15) is 0 Å². The first-order valence-electron chi connectivity index (χ1n) is 15.8. The maximum Gasteiger partial charge on any atom is 0.0727 e. The highest BCUT2D eigenvalue weighted by Crippen LogP contribution is 2.43. The number of fused-ring (bicyclic) bond motifs is 3. The average molecular weight is 653 g/mol. The molecule has 6 heteroatoms. The van der Waals surface area contributed by atoms with Crippen LogP contribution in [-0.4, -0.2) is 43.6 Å². The number of hydrogen-bond acceptors (Lipinski definition) is 0. The first kappa shape index (κ1) is 31.6. The fourth-order valence-electron chi connectivity index (χ4n) is 8.23. The lowest BCUT2D eigenvalue weighted by molar-refractivity contribution is 1.72. The molecule has 0 aliphatic heterocycles. The van der Waals surface area contributed by atoms with Crippen molar-refractivity contribution in [3.05, 3.63) is 97.1 Å². The second-order valence-electron chi connectivity index (χ2n) is 16.0. The molecule has 42 heavy (non-hydrogen) atoms. The zero-order valence-electron chi connectivity index (χ0n) is 28.2. The first-order chi connectivity index (χ1) is 19.4. The monoisotopic (exact) mass is 652 g/mol. The Kier molecular flexibility index (Phi) is 7.81. The van der Waals surface area contributed by atoms with Crippen molar-refractivity contribution < 1.29 is 0 Å². The maximum absolute atomic E-state index is 2.90. The molecular formula is C36H52Si6. The van der Waals surface area contributed by atoms with Crippen molar-refractivity contribution in [2.24, 2.45) is 0 Å². The SMILES string of the molecule is C[Si](C)(c1cccc2ccccc12)[Si](C)(C)[Si](C)(C)[Si](C)(C)[Si](C)(C)[Si](C)(C)c1c2ccccc2cc2ccccc12. The second kappa shape index (κ2) is 10.4. The first-order valence-corrected chi connectivity index (χ1v) is 38.8. The molecule has 0 heterocycles. The molecule has 0 spiro atoms. The van der Waals surface area contributed by atoms with Crippen molar-refractivity contribution >= 4 is 86.3 Å². The van der Waals surface area contributed by atoms with Crippen molar-refractivity contribution in [2.45, 2.75) is 78.6 Å². The summed E-state index contributed by atoms with van der Waals surface area (Å²) in [6.07, 6.45) is 0. The Morgan fingerprint density at radius 1 is 0.333 bits per heavy atom. The van der Waals surface area contributed by atoms with Crippen LogP contribution >= 0.6 is 0 Å². The van der Waals surface area contributed by atoms with E-state index in [1.807, 2.05) is 0 Å². The van der Waals surface area contributed by atoms with E-state index in [0.29, 0.717) is 0 Å². The van der Waals surface area contributed by atoms with E-state index in [2.05, 4.69) is 176 Å². The van der Waals surface area contributed by atoms with Crippen LogP contribution in [0.5, 0.6) is 0 Å². The van der Waals surface area contributed by atoms with E-state index in [1.165, 1.54) is 32.3 Å². The van der Waals surface area contributed by atoms with Crippen molar-refractivity contribution in [1.29, 1.82) is 0 Å². The Hall–Kier alpha value is -1.82. The van der Waals surface area contributed by atoms with Crippen LogP contribution in [0.15, 0.2) is 97.1 Å². The van der Waals surface area contributed by atoms with E-state index in [0.717, 1.165) is 0 Å². The molecule has 0 amide bonds. The molecular weight excluding hydrogens is 601 g/mol. The molecule has 0 aliphatic carbocycles. The molecule has 0 saturated carbocycles. The van der Waals surface area contributed by atoms with Gasteiger partial charge in [0.1, 0.15) is 0 Å². The van der Waals surface area contributed by atoms with Crippen LogP contribution < -0.4 is 10.4 Å². The van der Waals surface area contributed by atoms with Gasteiger partial charge in [0.15, 0.2) is 0 Å². The predicted molar refractivity (Wildman–Crippen MR) is 210 cm³/mol. The van der Waals surface area contributed by atoms with Crippen molar-refractivity contribution in [3.63, 3.8) is 0 Å². The molecule has 0 aromatic heterocycles. The minimum atomic E-state index is -1.87. The van der Waals surface area contributed by atoms with Crippen LogP contribution in [0.25, 0.3) is 32.3 Å². The van der Waals surface area contributed by atoms with E-state index in [9.17, 15) is 0 Å². The minimum absolute atomic E-state index is 1.42. The Labute approximate surface area is 260 Å². The predicted octanol–water partition coefficient (Wildman–Crippen LogP) is 9.90. The molecule has 0 atom stereocenters. The minimum Gasteiger partial charge on any atom is -0.0735 e. The van der Waals surface area contributed by atoms with E-state index in [4.69, 9.17) is 0 Å². The summed E-state index contributed by atoms with van der Waals surface area (Å²) in [5.74, 6) is 0. The molecule has 0 bridgehead atoms. The summed E-state index contributed by atoms with van der Waals surface area (Å²) in [5, 5.41) is 12.3. The van der Waals surface area contributed by atoms with Crippen molar-refractivity contribution in [1.82, 2.24) is 0 Å². The molecule has 0 nitrogen and oxygen atoms in total. The summed E-state index contributed by atoms with van der Waals surface area (Å²) in [7, 11) is -10.3. The van der Waals surface area contributed by atoms with Crippen molar-refractivity contribution in [2.75, 3.05) is 0 Å². The van der Waals surface area contributed by atoms with Crippen LogP contribution in [0, 0.1) is 0 Å². The molecule has 5 aromatic carbocycles. The second-order valence-corrected chi connectivity index (χ2v) is 80.0. The smallest absolute Gasteiger partial charge is 0.0727 e. The van der Waals surface area contributed by atoms with Gasteiger partial charge in [-0.15, -0.1) is 0 Å². The highest BCUT2D eigenvalue weighted by atomic mass is 30.0. The lowest BCUT2D eigenvalue weighted by Crippen LogP contribution is -2.90. The summed E-state index contributed by atoms with van der Waals surface area (Å²) >= 11 is 0. The largest absolute Gasteiger partial charge is 0.0735 e. The van der Waals surface area contributed by atoms with Gasteiger partial charge in [-0.3, -0.25) is 0 Å². The van der Waals surface area contributed by atoms with Gasteiger partial charge in [-0.05, 0) is 43.6 Å². The zero-order valence-corrected chi connectivity index (χ0v) is 34.2. The lowest BCUT2D eigenvalue weighted by Gasteiger charge is -2.62. The Balaban J connectivity index is 1.69. The van der Waals surface area contributed by atoms with E-state index < -0.39 is 43.6 Å². The molecule has 5 aromatic rings. The number of hydrogen-bond donors (Lipinski definition) is 0. The van der Waals surface area contributed by atoms with Gasteiger partial charge in [-0.1, -0.05) is 175 Å². The molecule has 220 valence electrons. The summed E-state index contributed by atoms with van der Waals surface area (Å²) in [4.78, 5) is 0. The molecule has 0 unspecified atom stereocenters. The zero-order chi connectivity index (χ0) is 30.9. The molecule has 0 aliphatic rings. The standard InChI is InChI=1S/C36H52Si6/c1-37(2,35-27-19-23-29-20-13-16-24-32(29)35)39(5,6)41(9,10)42(11,12)40(7,8)38(3,4)36-33-25-17-14-21-30(33)28-31-22-15-18-26-34(31)36/h13-28H,1-12H3. The van der Waals surface area contributed by atoms with E-state index in [1.54, 1.807) is 10.4 Å². The highest BCUT2D eigenvalue weighted by Gasteiger charge is 2.66. The molecule has 0 N–H and O–H groups in total. The van der Waals surface area contributed by atoms with Gasteiger partial charge < -0.3 is 0 Å². The van der Waals surface area contributed by atoms with Crippen LogP contribution in [-0.2, 0) is 0 Å². The number of benzene rings is 5. The summed E-state index contributed by atoms with van der Waals surface area (Å²) in [6.45, 7) is 34.1. The van der Waals surface area contributed by atoms with E-state index in [-0.39, 0.29) is 0 Å². The van der Waals surface area contributed by atoms with Crippen molar-refractivity contribution in [3.8, 4) is 0 Å². The lowest BCUT2D eigenvalue weighted by atomic mass is 10.0. The summed E-state index contributed by atoms with van der Waals surface area (Å²) in [5.41, 5.74) is 0. The Morgan fingerprint density at radius 2 is 0.714 bits per heavy atom. The fraction of sp³-hybridized carbons (Fsp3) is 0.333. The van der Waals surface area contributed by atoms with Gasteiger partial charge in [-0.2, -0.15) is 0 Å². The molecule has 5 rings (SSSR count). The normalized spacial score (nSPS) is 14.2. The van der Waals surface area contributed by atoms with Gasteiger partial charge in [0.2, 0.25) is 0 Å². The van der Waals surface area contributed by atoms with Gasteiger partial charge in [0, 0.05) is 28.4 Å². The topological polar surface area (TPSA) is 0 Å². The molecule has 0 fully saturated rings. The van der Waals surface area contributed by atoms with Gasteiger partial charge in [-0.25, -0.2) is 0 Å². The van der Waals surface area contributed by atoms with Gasteiger partial charge in [0.25, 0.3) is 0 Å². The van der Waals surface area contributed by atoms with Crippen LogP contribution in [0.4, 0.5) is 0 Å². The summed E-state index contributed by atoms with van der Waals surface area (Å²) in [6, 6.07) is 37.3. The van der Waals surface area contributed by atoms with E-state index >= 15 is 0 Å². The van der Waals surface area contributed by atoms with Gasteiger partial charge >= 0.3 is 0 Å². The third-order valence-electron chi connectivity index (χ3n) is 13.7. The number of rotatable bonds is 7. The average Bonchev–Trinajstić information content (AvgIpc) is 2.94. The van der Waals surface area contributed by atoms with Crippen LogP contribution in [0.3, 0.4) is 0 Å². The van der Waals surface area contributed by atoms with Crippen LogP contribution in [0.2, 0.25) is 78.6 Å². The third-order valence-corrected chi connectivity index (χ3v) is 133.